The van der Waals surface area contributed by atoms with Crippen LogP contribution in [-0.2, 0) is 17.7 Å². The molecule has 0 spiro atoms. The van der Waals surface area contributed by atoms with Gasteiger partial charge < -0.3 is 14.9 Å². The first kappa shape index (κ1) is 15.6. The highest BCUT2D eigenvalue weighted by Gasteiger charge is 2.27. The molecule has 0 aliphatic rings. The summed E-state index contributed by atoms with van der Waals surface area (Å²) in [5, 5.41) is 26.9. The van der Waals surface area contributed by atoms with Crippen LogP contribution in [0.15, 0.2) is 0 Å². The maximum absolute atomic E-state index is 11.1. The van der Waals surface area contributed by atoms with Crippen molar-refractivity contribution in [3.8, 4) is 0 Å². The van der Waals surface area contributed by atoms with Crippen LogP contribution in [0, 0.1) is 0 Å². The SMILES string of the molecule is CCC(O)(CC)Cn1nnc(C(=O)O)c1CCOC. The van der Waals surface area contributed by atoms with E-state index in [1.165, 1.54) is 4.68 Å². The molecule has 0 fully saturated rings. The molecule has 0 aromatic carbocycles. The lowest BCUT2D eigenvalue weighted by molar-refractivity contribution is 0.0104. The summed E-state index contributed by atoms with van der Waals surface area (Å²) in [5.74, 6) is -1.12. The number of aromatic nitrogens is 3. The summed E-state index contributed by atoms with van der Waals surface area (Å²) in [6.45, 7) is 4.38. The Morgan fingerprint density at radius 2 is 2.05 bits per heavy atom. The van der Waals surface area contributed by atoms with E-state index in [0.29, 0.717) is 31.6 Å². The smallest absolute Gasteiger partial charge is 0.358 e. The summed E-state index contributed by atoms with van der Waals surface area (Å²) in [4.78, 5) is 11.1. The molecule has 0 radical (unpaired) electrons. The molecule has 0 saturated heterocycles. The van der Waals surface area contributed by atoms with Crippen molar-refractivity contribution in [3.63, 3.8) is 0 Å². The summed E-state index contributed by atoms with van der Waals surface area (Å²) in [5.41, 5.74) is -0.494. The van der Waals surface area contributed by atoms with Gasteiger partial charge in [-0.3, -0.25) is 0 Å². The standard InChI is InChI=1S/C12H21N3O4/c1-4-12(18,5-2)8-15-9(6-7-19-3)10(11(16)17)13-14-15/h18H,4-8H2,1-3H3,(H,16,17). The van der Waals surface area contributed by atoms with Crippen LogP contribution in [0.2, 0.25) is 0 Å². The first-order valence-corrected chi connectivity index (χ1v) is 6.34. The number of aliphatic hydroxyl groups is 1. The van der Waals surface area contributed by atoms with Crippen molar-refractivity contribution in [2.75, 3.05) is 13.7 Å². The summed E-state index contributed by atoms with van der Waals surface area (Å²) < 4.78 is 6.43. The topological polar surface area (TPSA) is 97.5 Å². The van der Waals surface area contributed by atoms with Gasteiger partial charge in [0.1, 0.15) is 0 Å². The van der Waals surface area contributed by atoms with Gasteiger partial charge in [-0.15, -0.1) is 5.10 Å². The van der Waals surface area contributed by atoms with Gasteiger partial charge in [0.2, 0.25) is 0 Å². The number of aromatic carboxylic acids is 1. The Morgan fingerprint density at radius 1 is 1.42 bits per heavy atom. The normalized spacial score (nSPS) is 11.8. The first-order valence-electron chi connectivity index (χ1n) is 6.34. The third-order valence-electron chi connectivity index (χ3n) is 3.34. The zero-order chi connectivity index (χ0) is 14.5. The molecule has 0 amide bonds. The molecule has 1 heterocycles. The summed E-state index contributed by atoms with van der Waals surface area (Å²) >= 11 is 0. The Labute approximate surface area is 112 Å². The number of hydrogen-bond acceptors (Lipinski definition) is 5. The molecule has 1 aromatic heterocycles. The molecule has 2 N–H and O–H groups in total. The van der Waals surface area contributed by atoms with Gasteiger partial charge in [-0.05, 0) is 12.8 Å². The first-order chi connectivity index (χ1) is 8.97. The fraction of sp³-hybridized carbons (Fsp3) is 0.750. The molecule has 7 nitrogen and oxygen atoms in total. The summed E-state index contributed by atoms with van der Waals surface area (Å²) in [6.07, 6.45) is 1.53. The molecule has 0 bridgehead atoms. The Bertz CT molecular complexity index is 427. The molecule has 0 aliphatic heterocycles. The average Bonchev–Trinajstić information content (AvgIpc) is 2.79. The Hall–Kier alpha value is -1.47. The lowest BCUT2D eigenvalue weighted by atomic mass is 9.97. The predicted molar refractivity (Wildman–Crippen MR) is 68.1 cm³/mol. The van der Waals surface area contributed by atoms with Gasteiger partial charge in [-0.1, -0.05) is 19.1 Å². The number of carboxylic acid groups (broad SMARTS) is 1. The fourth-order valence-corrected chi connectivity index (χ4v) is 1.82. The van der Waals surface area contributed by atoms with E-state index in [4.69, 9.17) is 9.84 Å². The predicted octanol–water partition coefficient (Wildman–Crippen LogP) is 0.716. The van der Waals surface area contributed by atoms with Crippen LogP contribution in [-0.4, -0.2) is 50.5 Å². The van der Waals surface area contributed by atoms with Gasteiger partial charge in [0.25, 0.3) is 0 Å². The van der Waals surface area contributed by atoms with E-state index < -0.39 is 11.6 Å². The zero-order valence-electron chi connectivity index (χ0n) is 11.6. The molecule has 0 atom stereocenters. The molecular formula is C12H21N3O4. The van der Waals surface area contributed by atoms with Crippen LogP contribution in [0.3, 0.4) is 0 Å². The van der Waals surface area contributed by atoms with Crippen LogP contribution in [0.4, 0.5) is 0 Å². The Balaban J connectivity index is 3.03. The van der Waals surface area contributed by atoms with E-state index in [2.05, 4.69) is 10.3 Å². The highest BCUT2D eigenvalue weighted by atomic mass is 16.5. The lowest BCUT2D eigenvalue weighted by Gasteiger charge is -2.25. The largest absolute Gasteiger partial charge is 0.476 e. The summed E-state index contributed by atoms with van der Waals surface area (Å²) in [6, 6.07) is 0. The molecule has 0 unspecified atom stereocenters. The van der Waals surface area contributed by atoms with Crippen LogP contribution in [0.1, 0.15) is 42.9 Å². The number of methoxy groups -OCH3 is 1. The number of carbonyl (C=O) groups is 1. The van der Waals surface area contributed by atoms with E-state index in [1.807, 2.05) is 13.8 Å². The van der Waals surface area contributed by atoms with Gasteiger partial charge in [-0.2, -0.15) is 0 Å². The Kier molecular flexibility index (Phi) is 5.44. The van der Waals surface area contributed by atoms with Crippen molar-refractivity contribution in [2.24, 2.45) is 0 Å². The maximum Gasteiger partial charge on any atom is 0.358 e. The second-order valence-electron chi connectivity index (χ2n) is 4.52. The third-order valence-corrected chi connectivity index (χ3v) is 3.34. The van der Waals surface area contributed by atoms with Gasteiger partial charge in [-0.25, -0.2) is 9.48 Å². The monoisotopic (exact) mass is 271 g/mol. The molecule has 108 valence electrons. The lowest BCUT2D eigenvalue weighted by Crippen LogP contribution is -2.34. The second-order valence-corrected chi connectivity index (χ2v) is 4.52. The van der Waals surface area contributed by atoms with Crippen molar-refractivity contribution >= 4 is 5.97 Å². The highest BCUT2D eigenvalue weighted by molar-refractivity contribution is 5.86. The molecular weight excluding hydrogens is 250 g/mol. The van der Waals surface area contributed by atoms with Crippen molar-refractivity contribution in [3.05, 3.63) is 11.4 Å². The minimum atomic E-state index is -1.12. The van der Waals surface area contributed by atoms with Crippen molar-refractivity contribution in [1.29, 1.82) is 0 Å². The average molecular weight is 271 g/mol. The van der Waals surface area contributed by atoms with Gasteiger partial charge in [0, 0.05) is 13.5 Å². The fourth-order valence-electron chi connectivity index (χ4n) is 1.82. The van der Waals surface area contributed by atoms with E-state index in [0.717, 1.165) is 0 Å². The molecule has 7 heteroatoms. The molecule has 0 saturated carbocycles. The van der Waals surface area contributed by atoms with E-state index in [1.54, 1.807) is 7.11 Å². The Morgan fingerprint density at radius 3 is 2.53 bits per heavy atom. The number of carboxylic acids is 1. The third kappa shape index (κ3) is 3.74. The van der Waals surface area contributed by atoms with Crippen LogP contribution in [0.5, 0.6) is 0 Å². The molecule has 19 heavy (non-hydrogen) atoms. The van der Waals surface area contributed by atoms with Crippen LogP contribution < -0.4 is 0 Å². The summed E-state index contributed by atoms with van der Waals surface area (Å²) in [7, 11) is 1.54. The second kappa shape index (κ2) is 6.63. The van der Waals surface area contributed by atoms with E-state index in [9.17, 15) is 9.90 Å². The minimum absolute atomic E-state index is 0.0772. The molecule has 1 aromatic rings. The molecule has 1 rings (SSSR count). The van der Waals surface area contributed by atoms with Crippen LogP contribution >= 0.6 is 0 Å². The van der Waals surface area contributed by atoms with Crippen molar-refractivity contribution in [1.82, 2.24) is 15.0 Å². The minimum Gasteiger partial charge on any atom is -0.476 e. The van der Waals surface area contributed by atoms with Crippen molar-refractivity contribution in [2.45, 2.75) is 45.3 Å². The number of ether oxygens (including phenoxy) is 1. The van der Waals surface area contributed by atoms with Gasteiger partial charge >= 0.3 is 5.97 Å². The molecule has 0 aliphatic carbocycles. The van der Waals surface area contributed by atoms with Crippen LogP contribution in [0.25, 0.3) is 0 Å². The quantitative estimate of drug-likeness (QED) is 0.723. The van der Waals surface area contributed by atoms with E-state index >= 15 is 0 Å². The maximum atomic E-state index is 11.1. The van der Waals surface area contributed by atoms with Crippen molar-refractivity contribution < 1.29 is 19.7 Å². The van der Waals surface area contributed by atoms with Gasteiger partial charge in [0.05, 0.1) is 24.4 Å². The number of rotatable bonds is 8. The highest BCUT2D eigenvalue weighted by Crippen LogP contribution is 2.19. The van der Waals surface area contributed by atoms with Gasteiger partial charge in [0.15, 0.2) is 5.69 Å². The zero-order valence-corrected chi connectivity index (χ0v) is 11.6. The van der Waals surface area contributed by atoms with E-state index in [-0.39, 0.29) is 12.2 Å². The number of nitrogens with zero attached hydrogens (tertiary/aromatic N) is 3. The number of hydrogen-bond donors (Lipinski definition) is 2.